The van der Waals surface area contributed by atoms with Crippen LogP contribution in [-0.2, 0) is 6.42 Å². The Bertz CT molecular complexity index is 1070. The second kappa shape index (κ2) is 6.73. The highest BCUT2D eigenvalue weighted by atomic mass is 16.7. The Morgan fingerprint density at radius 1 is 1.14 bits per heavy atom. The number of nitrogens with one attached hydrogen (secondary N) is 1. The fourth-order valence-corrected chi connectivity index (χ4v) is 4.51. The number of likely N-dealkylation sites (N-methyl/N-ethyl adjacent to an activating group) is 1. The van der Waals surface area contributed by atoms with Gasteiger partial charge >= 0.3 is 0 Å². The number of hydrogen-bond donors (Lipinski definition) is 1. The molecular weight excluding hydrogens is 370 g/mol. The predicted molar refractivity (Wildman–Crippen MR) is 105 cm³/mol. The highest BCUT2D eigenvalue weighted by Crippen LogP contribution is 2.48. The zero-order valence-electron chi connectivity index (χ0n) is 17.0. The lowest BCUT2D eigenvalue weighted by atomic mass is 9.90. The SMILES string of the molecule is COc1c2c(cc3c1[C@@H](c1nnnn1-c1cc(C)cc(C)c1)[NH+](C)CC3)OCO2. The number of ether oxygens (including phenoxy) is 3. The van der Waals surface area contributed by atoms with Crippen molar-refractivity contribution in [3.05, 3.63) is 52.3 Å². The molecule has 0 saturated heterocycles. The molecule has 3 aromatic rings. The molecule has 8 heteroatoms. The summed E-state index contributed by atoms with van der Waals surface area (Å²) in [5, 5.41) is 12.8. The molecule has 3 heterocycles. The van der Waals surface area contributed by atoms with Gasteiger partial charge in [-0.3, -0.25) is 0 Å². The number of nitrogens with zero attached hydrogens (tertiary/aromatic N) is 4. The van der Waals surface area contributed by atoms with Crippen LogP contribution in [0.5, 0.6) is 17.2 Å². The van der Waals surface area contributed by atoms with Crippen molar-refractivity contribution in [2.24, 2.45) is 0 Å². The summed E-state index contributed by atoms with van der Waals surface area (Å²) in [4.78, 5) is 1.30. The molecule has 2 aliphatic rings. The van der Waals surface area contributed by atoms with Crippen LogP contribution in [0.25, 0.3) is 5.69 Å². The predicted octanol–water partition coefficient (Wildman–Crippen LogP) is 1.18. The van der Waals surface area contributed by atoms with Gasteiger partial charge < -0.3 is 19.1 Å². The quantitative estimate of drug-likeness (QED) is 0.719. The van der Waals surface area contributed by atoms with Crippen LogP contribution in [0.2, 0.25) is 0 Å². The third-order valence-corrected chi connectivity index (χ3v) is 5.72. The van der Waals surface area contributed by atoms with E-state index in [9.17, 15) is 0 Å². The number of benzene rings is 2. The number of aryl methyl sites for hydroxylation is 2. The number of fused-ring (bicyclic) bond motifs is 2. The molecule has 0 fully saturated rings. The monoisotopic (exact) mass is 394 g/mol. The molecule has 0 radical (unpaired) electrons. The summed E-state index contributed by atoms with van der Waals surface area (Å²) >= 11 is 0. The van der Waals surface area contributed by atoms with E-state index in [1.807, 2.05) is 4.68 Å². The fraction of sp³-hybridized carbons (Fsp3) is 0.381. The van der Waals surface area contributed by atoms with Gasteiger partial charge in [0, 0.05) is 6.42 Å². The average molecular weight is 394 g/mol. The molecule has 0 aliphatic carbocycles. The van der Waals surface area contributed by atoms with Gasteiger partial charge in [-0.05, 0) is 59.2 Å². The molecule has 1 aromatic heterocycles. The molecule has 29 heavy (non-hydrogen) atoms. The summed E-state index contributed by atoms with van der Waals surface area (Å²) in [6.07, 6.45) is 0.926. The number of quaternary nitrogens is 1. The van der Waals surface area contributed by atoms with Crippen LogP contribution in [0.1, 0.15) is 34.1 Å². The highest BCUT2D eigenvalue weighted by Gasteiger charge is 2.40. The molecule has 1 unspecified atom stereocenters. The van der Waals surface area contributed by atoms with Crippen LogP contribution < -0.4 is 19.1 Å². The first-order valence-electron chi connectivity index (χ1n) is 9.75. The molecule has 0 spiro atoms. The molecule has 1 N–H and O–H groups in total. The molecule has 0 amide bonds. The van der Waals surface area contributed by atoms with E-state index in [-0.39, 0.29) is 12.8 Å². The molecular formula is C21H24N5O3+. The minimum Gasteiger partial charge on any atom is -0.492 e. The Hall–Kier alpha value is -3.13. The topological polar surface area (TPSA) is 75.7 Å². The number of tetrazole rings is 1. The molecule has 2 aliphatic heterocycles. The van der Waals surface area contributed by atoms with E-state index < -0.39 is 0 Å². The maximum atomic E-state index is 5.82. The standard InChI is InChI=1S/C21H23N5O3/c1-12-7-13(2)9-15(8-12)26-21(22-23-24-26)18-17-14(5-6-25(18)3)10-16-19(20(17)27-4)29-11-28-16/h7-10,18H,5-6,11H2,1-4H3/p+1/t18-/m0/s1. The van der Waals surface area contributed by atoms with E-state index in [4.69, 9.17) is 14.2 Å². The van der Waals surface area contributed by atoms with Crippen molar-refractivity contribution in [1.29, 1.82) is 0 Å². The van der Waals surface area contributed by atoms with Crippen molar-refractivity contribution in [2.45, 2.75) is 26.3 Å². The summed E-state index contributed by atoms with van der Waals surface area (Å²) in [6, 6.07) is 8.33. The fourth-order valence-electron chi connectivity index (χ4n) is 4.51. The second-order valence-electron chi connectivity index (χ2n) is 7.79. The van der Waals surface area contributed by atoms with Gasteiger partial charge in [-0.1, -0.05) is 6.07 Å². The zero-order chi connectivity index (χ0) is 20.1. The van der Waals surface area contributed by atoms with Crippen molar-refractivity contribution < 1.29 is 19.1 Å². The number of methoxy groups -OCH3 is 1. The minimum atomic E-state index is -0.0842. The molecule has 2 atom stereocenters. The Labute approximate surface area is 169 Å². The lowest BCUT2D eigenvalue weighted by Crippen LogP contribution is -3.10. The van der Waals surface area contributed by atoms with E-state index in [1.165, 1.54) is 21.6 Å². The maximum absolute atomic E-state index is 5.82. The van der Waals surface area contributed by atoms with E-state index in [0.29, 0.717) is 11.5 Å². The first-order chi connectivity index (χ1) is 14.1. The van der Waals surface area contributed by atoms with Gasteiger partial charge in [0.2, 0.25) is 18.4 Å². The first kappa shape index (κ1) is 17.9. The van der Waals surface area contributed by atoms with Gasteiger partial charge in [0.25, 0.3) is 0 Å². The molecule has 150 valence electrons. The van der Waals surface area contributed by atoms with Crippen LogP contribution >= 0.6 is 0 Å². The van der Waals surface area contributed by atoms with Crippen LogP contribution in [-0.4, -0.2) is 47.7 Å². The van der Waals surface area contributed by atoms with Crippen molar-refractivity contribution in [3.63, 3.8) is 0 Å². The summed E-state index contributed by atoms with van der Waals surface area (Å²) < 4.78 is 19.0. The van der Waals surface area contributed by atoms with Gasteiger partial charge in [-0.15, -0.1) is 5.10 Å². The van der Waals surface area contributed by atoms with E-state index >= 15 is 0 Å². The van der Waals surface area contributed by atoms with Gasteiger partial charge in [0.1, 0.15) is 0 Å². The van der Waals surface area contributed by atoms with E-state index in [2.05, 4.69) is 60.7 Å². The van der Waals surface area contributed by atoms with E-state index in [0.717, 1.165) is 35.8 Å². The molecule has 5 rings (SSSR count). The largest absolute Gasteiger partial charge is 0.492 e. The summed E-state index contributed by atoms with van der Waals surface area (Å²) in [6.45, 7) is 5.33. The van der Waals surface area contributed by atoms with Crippen molar-refractivity contribution in [3.8, 4) is 22.9 Å². The molecule has 2 aromatic carbocycles. The smallest absolute Gasteiger partial charge is 0.231 e. The van der Waals surface area contributed by atoms with E-state index in [1.54, 1.807) is 7.11 Å². The molecule has 0 bridgehead atoms. The second-order valence-corrected chi connectivity index (χ2v) is 7.79. The lowest BCUT2D eigenvalue weighted by molar-refractivity contribution is -0.909. The average Bonchev–Trinajstić information content (AvgIpc) is 3.34. The highest BCUT2D eigenvalue weighted by molar-refractivity contribution is 5.62. The number of rotatable bonds is 3. The third-order valence-electron chi connectivity index (χ3n) is 5.72. The van der Waals surface area contributed by atoms with Gasteiger partial charge in [0.15, 0.2) is 17.5 Å². The Morgan fingerprint density at radius 3 is 2.69 bits per heavy atom. The maximum Gasteiger partial charge on any atom is 0.231 e. The summed E-state index contributed by atoms with van der Waals surface area (Å²) in [7, 11) is 3.84. The van der Waals surface area contributed by atoms with Crippen molar-refractivity contribution >= 4 is 0 Å². The third kappa shape index (κ3) is 2.82. The molecule has 8 nitrogen and oxygen atoms in total. The first-order valence-corrected chi connectivity index (χ1v) is 9.75. The van der Waals surface area contributed by atoms with Crippen LogP contribution in [0.4, 0.5) is 0 Å². The lowest BCUT2D eigenvalue weighted by Gasteiger charge is -2.32. The minimum absolute atomic E-state index is 0.0842. The van der Waals surface area contributed by atoms with Gasteiger partial charge in [0.05, 0.1) is 32.0 Å². The van der Waals surface area contributed by atoms with Crippen molar-refractivity contribution in [1.82, 2.24) is 20.2 Å². The number of hydrogen-bond acceptors (Lipinski definition) is 6. The Balaban J connectivity index is 1.71. The Kier molecular flexibility index (Phi) is 4.16. The number of aromatic nitrogens is 4. The summed E-state index contributed by atoms with van der Waals surface area (Å²) in [5.74, 6) is 2.91. The van der Waals surface area contributed by atoms with Crippen molar-refractivity contribution in [2.75, 3.05) is 27.5 Å². The molecule has 0 saturated carbocycles. The van der Waals surface area contributed by atoms with Crippen LogP contribution in [0, 0.1) is 13.8 Å². The zero-order valence-corrected chi connectivity index (χ0v) is 17.0. The van der Waals surface area contributed by atoms with Gasteiger partial charge in [-0.25, -0.2) is 0 Å². The van der Waals surface area contributed by atoms with Gasteiger partial charge in [-0.2, -0.15) is 4.68 Å². The van der Waals surface area contributed by atoms with Crippen LogP contribution in [0.15, 0.2) is 24.3 Å². The Morgan fingerprint density at radius 2 is 1.93 bits per heavy atom. The van der Waals surface area contributed by atoms with Crippen LogP contribution in [0.3, 0.4) is 0 Å². The normalized spacial score (nSPS) is 19.9. The summed E-state index contributed by atoms with van der Waals surface area (Å²) in [5.41, 5.74) is 5.57.